The van der Waals surface area contributed by atoms with Crippen molar-refractivity contribution in [3.63, 3.8) is 0 Å². The molecule has 0 unspecified atom stereocenters. The van der Waals surface area contributed by atoms with Crippen LogP contribution in [-0.2, 0) is 0 Å². The van der Waals surface area contributed by atoms with Gasteiger partial charge in [-0.05, 0) is 48.2 Å². The lowest BCUT2D eigenvalue weighted by Gasteiger charge is -2.18. The van der Waals surface area contributed by atoms with Gasteiger partial charge in [0.15, 0.2) is 5.58 Å². The first-order valence-electron chi connectivity index (χ1n) is 13.4. The average Bonchev–Trinajstić information content (AvgIpc) is 3.63. The van der Waals surface area contributed by atoms with E-state index in [9.17, 15) is 0 Å². The molecule has 4 heteroatoms. The van der Waals surface area contributed by atoms with E-state index in [1.54, 1.807) is 0 Å². The van der Waals surface area contributed by atoms with Crippen LogP contribution >= 0.6 is 0 Å². The van der Waals surface area contributed by atoms with Gasteiger partial charge in [-0.3, -0.25) is 4.57 Å². The Bertz CT molecular complexity index is 2230. The number of fused-ring (bicyclic) bond motifs is 7. The van der Waals surface area contributed by atoms with E-state index in [0.717, 1.165) is 77.5 Å². The maximum Gasteiger partial charge on any atom is 0.159 e. The molecule has 0 fully saturated rings. The standard InChI is InChI=1S/C35H26N2O2/c1-20(2)22-18-19-26-24-11-5-9-15-30(24)39-34(26)32(22)37-28-13-7-6-12-27(28)36-35(37)31-21(3)16-17-25-23-10-4-8-14-29(23)38-33(25)31/h4-20H,1-3H3. The lowest BCUT2D eigenvalue weighted by atomic mass is 9.97. The summed E-state index contributed by atoms with van der Waals surface area (Å²) in [6, 6.07) is 33.6. The summed E-state index contributed by atoms with van der Waals surface area (Å²) in [5, 5.41) is 4.42. The molecule has 0 atom stereocenters. The summed E-state index contributed by atoms with van der Waals surface area (Å²) in [7, 11) is 0. The maximum atomic E-state index is 6.63. The highest BCUT2D eigenvalue weighted by Gasteiger charge is 2.26. The van der Waals surface area contributed by atoms with Crippen LogP contribution in [0.2, 0.25) is 0 Å². The van der Waals surface area contributed by atoms with Crippen molar-refractivity contribution >= 4 is 54.9 Å². The molecule has 8 rings (SSSR count). The number of imidazole rings is 1. The second-order valence-electron chi connectivity index (χ2n) is 10.6. The van der Waals surface area contributed by atoms with Gasteiger partial charge in [0.1, 0.15) is 22.6 Å². The maximum absolute atomic E-state index is 6.63. The monoisotopic (exact) mass is 506 g/mol. The van der Waals surface area contributed by atoms with Crippen LogP contribution in [-0.4, -0.2) is 9.55 Å². The molecule has 0 bridgehead atoms. The molecule has 0 spiro atoms. The number of furan rings is 2. The van der Waals surface area contributed by atoms with Crippen molar-refractivity contribution in [1.82, 2.24) is 9.55 Å². The lowest BCUT2D eigenvalue weighted by molar-refractivity contribution is 0.662. The number of nitrogens with zero attached hydrogens (tertiary/aromatic N) is 2. The molecule has 0 saturated heterocycles. The quantitative estimate of drug-likeness (QED) is 0.239. The average molecular weight is 507 g/mol. The van der Waals surface area contributed by atoms with Crippen molar-refractivity contribution in [1.29, 1.82) is 0 Å². The van der Waals surface area contributed by atoms with Crippen LogP contribution < -0.4 is 0 Å². The van der Waals surface area contributed by atoms with Crippen LogP contribution in [0.5, 0.6) is 0 Å². The van der Waals surface area contributed by atoms with Gasteiger partial charge in [0, 0.05) is 21.5 Å². The number of rotatable bonds is 3. The second kappa shape index (κ2) is 8.08. The van der Waals surface area contributed by atoms with Gasteiger partial charge >= 0.3 is 0 Å². The Morgan fingerprint density at radius 3 is 2.00 bits per heavy atom. The fourth-order valence-corrected chi connectivity index (χ4v) is 6.07. The van der Waals surface area contributed by atoms with E-state index < -0.39 is 0 Å². The summed E-state index contributed by atoms with van der Waals surface area (Å²) in [6.07, 6.45) is 0. The Kier molecular flexibility index (Phi) is 4.60. The van der Waals surface area contributed by atoms with Gasteiger partial charge in [-0.15, -0.1) is 0 Å². The molecular formula is C35H26N2O2. The van der Waals surface area contributed by atoms with E-state index in [4.69, 9.17) is 13.8 Å². The molecule has 0 aliphatic rings. The first-order valence-corrected chi connectivity index (χ1v) is 13.4. The molecule has 0 N–H and O–H groups in total. The molecule has 4 nitrogen and oxygen atoms in total. The number of benzene rings is 5. The van der Waals surface area contributed by atoms with Crippen LogP contribution in [0.3, 0.4) is 0 Å². The zero-order valence-electron chi connectivity index (χ0n) is 22.0. The highest BCUT2D eigenvalue weighted by molar-refractivity contribution is 6.11. The molecule has 0 aliphatic heterocycles. The van der Waals surface area contributed by atoms with Crippen molar-refractivity contribution in [3.05, 3.63) is 108 Å². The van der Waals surface area contributed by atoms with E-state index in [0.29, 0.717) is 0 Å². The molecule has 0 aliphatic carbocycles. The van der Waals surface area contributed by atoms with Crippen LogP contribution in [0.4, 0.5) is 0 Å². The first-order chi connectivity index (χ1) is 19.1. The molecule has 5 aromatic carbocycles. The van der Waals surface area contributed by atoms with E-state index in [1.807, 2.05) is 30.3 Å². The summed E-state index contributed by atoms with van der Waals surface area (Å²) >= 11 is 0. The van der Waals surface area contributed by atoms with Gasteiger partial charge in [0.2, 0.25) is 0 Å². The predicted octanol–water partition coefficient (Wildman–Crippen LogP) is 9.92. The van der Waals surface area contributed by atoms with Crippen LogP contribution in [0.1, 0.15) is 30.9 Å². The van der Waals surface area contributed by atoms with Crippen LogP contribution in [0, 0.1) is 6.92 Å². The normalized spacial score (nSPS) is 12.2. The Morgan fingerprint density at radius 2 is 1.26 bits per heavy atom. The number of hydrogen-bond donors (Lipinski definition) is 0. The van der Waals surface area contributed by atoms with Gasteiger partial charge in [0.25, 0.3) is 0 Å². The SMILES string of the molecule is Cc1ccc2c(oc3ccccc32)c1-c1nc2ccccc2n1-c1c(C(C)C)ccc2c1oc1ccccc12. The zero-order valence-corrected chi connectivity index (χ0v) is 22.0. The summed E-state index contributed by atoms with van der Waals surface area (Å²) in [4.78, 5) is 5.26. The number of aryl methyl sites for hydroxylation is 1. The zero-order chi connectivity index (χ0) is 26.2. The summed E-state index contributed by atoms with van der Waals surface area (Å²) in [5.74, 6) is 1.13. The van der Waals surface area contributed by atoms with Gasteiger partial charge in [-0.1, -0.05) is 86.6 Å². The summed E-state index contributed by atoms with van der Waals surface area (Å²) < 4.78 is 15.5. The fraction of sp³-hybridized carbons (Fsp3) is 0.114. The largest absolute Gasteiger partial charge is 0.455 e. The predicted molar refractivity (Wildman–Crippen MR) is 160 cm³/mol. The molecule has 0 radical (unpaired) electrons. The van der Waals surface area contributed by atoms with Crippen molar-refractivity contribution < 1.29 is 8.83 Å². The topological polar surface area (TPSA) is 44.1 Å². The number of aromatic nitrogens is 2. The van der Waals surface area contributed by atoms with Gasteiger partial charge in [0.05, 0.1) is 22.3 Å². The molecular weight excluding hydrogens is 480 g/mol. The summed E-state index contributed by atoms with van der Waals surface area (Å²) in [5.41, 5.74) is 9.83. The minimum atomic E-state index is 0.273. The Labute approximate surface area is 225 Å². The number of para-hydroxylation sites is 4. The molecule has 3 heterocycles. The van der Waals surface area contributed by atoms with E-state index >= 15 is 0 Å². The third-order valence-corrected chi connectivity index (χ3v) is 7.94. The Morgan fingerprint density at radius 1 is 0.641 bits per heavy atom. The molecule has 39 heavy (non-hydrogen) atoms. The Hall–Kier alpha value is -4.83. The molecule has 0 amide bonds. The molecule has 188 valence electrons. The van der Waals surface area contributed by atoms with E-state index in [1.165, 1.54) is 5.56 Å². The molecule has 0 saturated carbocycles. The third-order valence-electron chi connectivity index (χ3n) is 7.94. The second-order valence-corrected chi connectivity index (χ2v) is 10.6. The van der Waals surface area contributed by atoms with Crippen molar-refractivity contribution in [3.8, 4) is 17.1 Å². The fourth-order valence-electron chi connectivity index (χ4n) is 6.07. The smallest absolute Gasteiger partial charge is 0.159 e. The summed E-state index contributed by atoms with van der Waals surface area (Å²) in [6.45, 7) is 6.60. The highest BCUT2D eigenvalue weighted by atomic mass is 16.3. The van der Waals surface area contributed by atoms with Crippen LogP contribution in [0.25, 0.3) is 72.0 Å². The van der Waals surface area contributed by atoms with Gasteiger partial charge in [-0.2, -0.15) is 0 Å². The minimum absolute atomic E-state index is 0.273. The number of hydrogen-bond acceptors (Lipinski definition) is 3. The lowest BCUT2D eigenvalue weighted by Crippen LogP contribution is -2.05. The molecule has 3 aromatic heterocycles. The van der Waals surface area contributed by atoms with Crippen molar-refractivity contribution in [2.45, 2.75) is 26.7 Å². The van der Waals surface area contributed by atoms with Crippen molar-refractivity contribution in [2.24, 2.45) is 0 Å². The van der Waals surface area contributed by atoms with Crippen LogP contribution in [0.15, 0.2) is 106 Å². The van der Waals surface area contributed by atoms with E-state index in [-0.39, 0.29) is 5.92 Å². The van der Waals surface area contributed by atoms with Gasteiger partial charge in [-0.25, -0.2) is 4.98 Å². The molecule has 8 aromatic rings. The van der Waals surface area contributed by atoms with E-state index in [2.05, 4.69) is 92.1 Å². The Balaban J connectivity index is 1.57. The first kappa shape index (κ1) is 22.2. The van der Waals surface area contributed by atoms with Gasteiger partial charge < -0.3 is 8.83 Å². The highest BCUT2D eigenvalue weighted by Crippen LogP contribution is 2.43. The minimum Gasteiger partial charge on any atom is -0.455 e. The van der Waals surface area contributed by atoms with Crippen molar-refractivity contribution in [2.75, 3.05) is 0 Å². The third kappa shape index (κ3) is 3.09.